The van der Waals surface area contributed by atoms with Gasteiger partial charge in [-0.25, -0.2) is 4.79 Å². The number of aromatic nitrogens is 2. The molecule has 6 nitrogen and oxygen atoms in total. The fraction of sp³-hybridized carbons (Fsp3) is 0.250. The molecule has 4 rings (SSSR count). The molecule has 0 aliphatic carbocycles. The Morgan fingerprint density at radius 3 is 2.41 bits per heavy atom. The summed E-state index contributed by atoms with van der Waals surface area (Å²) in [5.41, 5.74) is 0.319. The van der Waals surface area contributed by atoms with Crippen LogP contribution in [0.25, 0.3) is 22.0 Å². The number of halogens is 3. The molecule has 1 aromatic heterocycles. The molecule has 1 unspecified atom stereocenters. The fourth-order valence-corrected chi connectivity index (χ4v) is 3.23. The van der Waals surface area contributed by atoms with Crippen molar-refractivity contribution in [2.24, 2.45) is 0 Å². The third kappa shape index (κ3) is 3.80. The minimum atomic E-state index is -4.39. The van der Waals surface area contributed by atoms with Crippen LogP contribution in [0.2, 0.25) is 0 Å². The van der Waals surface area contributed by atoms with Gasteiger partial charge in [-0.15, -0.1) is 10.2 Å². The number of hydrogen-bond donors (Lipinski definition) is 1. The first-order valence-corrected chi connectivity index (χ1v) is 8.91. The van der Waals surface area contributed by atoms with Crippen LogP contribution in [0.15, 0.2) is 48.5 Å². The van der Waals surface area contributed by atoms with Crippen LogP contribution in [0.4, 0.5) is 23.8 Å². The second-order valence-corrected chi connectivity index (χ2v) is 6.79. The Hall–Kier alpha value is -3.36. The molecule has 1 aliphatic rings. The Kier molecular flexibility index (Phi) is 4.73. The number of nitrogens with one attached hydrogen (secondary N) is 1. The molecule has 1 aliphatic heterocycles. The first kappa shape index (κ1) is 19.0. The summed E-state index contributed by atoms with van der Waals surface area (Å²) in [5.74, 6) is 0.516. The van der Waals surface area contributed by atoms with Gasteiger partial charge in [0.1, 0.15) is 11.8 Å². The molecule has 3 aromatic rings. The molecule has 2 heterocycles. The third-order valence-corrected chi connectivity index (χ3v) is 4.73. The van der Waals surface area contributed by atoms with Crippen LogP contribution in [0.5, 0.6) is 0 Å². The predicted octanol–water partition coefficient (Wildman–Crippen LogP) is 4.18. The highest BCUT2D eigenvalue weighted by Crippen LogP contribution is 2.33. The molecule has 0 radical (unpaired) electrons. The number of carbonyl (C=O) groups is 1. The Labute approximate surface area is 164 Å². The summed E-state index contributed by atoms with van der Waals surface area (Å²) in [4.78, 5) is 13.0. The highest BCUT2D eigenvalue weighted by atomic mass is 19.4. The van der Waals surface area contributed by atoms with Gasteiger partial charge in [-0.3, -0.25) is 0 Å². The van der Waals surface area contributed by atoms with Crippen LogP contribution in [-0.2, 0) is 10.9 Å². The number of alkyl halides is 3. The highest BCUT2D eigenvalue weighted by molar-refractivity contribution is 6.00. The summed E-state index contributed by atoms with van der Waals surface area (Å²) in [6, 6.07) is 12.2. The quantitative estimate of drug-likeness (QED) is 0.709. The Balaban J connectivity index is 1.63. The maximum Gasteiger partial charge on any atom is 0.416 e. The monoisotopic (exact) mass is 402 g/mol. The number of rotatable bonds is 4. The molecule has 1 amide bonds. The van der Waals surface area contributed by atoms with E-state index in [1.54, 1.807) is 7.05 Å². The van der Waals surface area contributed by atoms with Gasteiger partial charge in [-0.1, -0.05) is 36.4 Å². The van der Waals surface area contributed by atoms with E-state index in [9.17, 15) is 18.0 Å². The van der Waals surface area contributed by atoms with Gasteiger partial charge >= 0.3 is 12.3 Å². The lowest BCUT2D eigenvalue weighted by Gasteiger charge is -2.14. The third-order valence-electron chi connectivity index (χ3n) is 4.73. The number of anilines is 1. The summed E-state index contributed by atoms with van der Waals surface area (Å²) >= 11 is 0. The van der Waals surface area contributed by atoms with Crippen molar-refractivity contribution >= 4 is 22.7 Å². The molecular weight excluding hydrogens is 385 g/mol. The van der Waals surface area contributed by atoms with Crippen molar-refractivity contribution in [3.8, 4) is 11.3 Å². The number of nitrogens with zero attached hydrogens (tertiary/aromatic N) is 3. The zero-order valence-corrected chi connectivity index (χ0v) is 15.4. The lowest BCUT2D eigenvalue weighted by molar-refractivity contribution is -0.137. The van der Waals surface area contributed by atoms with E-state index >= 15 is 0 Å². The molecule has 9 heteroatoms. The topological polar surface area (TPSA) is 67.3 Å². The number of amides is 1. The smallest absolute Gasteiger partial charge is 0.416 e. The normalized spacial score (nSPS) is 16.9. The largest absolute Gasteiger partial charge is 0.442 e. The molecule has 1 atom stereocenters. The Morgan fingerprint density at radius 1 is 1.10 bits per heavy atom. The molecule has 29 heavy (non-hydrogen) atoms. The first-order chi connectivity index (χ1) is 13.8. The molecular formula is C20H17F3N4O2. The molecule has 150 valence electrons. The maximum atomic E-state index is 12.8. The van der Waals surface area contributed by atoms with E-state index in [0.717, 1.165) is 22.9 Å². The lowest BCUT2D eigenvalue weighted by Crippen LogP contribution is -2.25. The van der Waals surface area contributed by atoms with Crippen LogP contribution in [0.3, 0.4) is 0 Å². The van der Waals surface area contributed by atoms with E-state index in [2.05, 4.69) is 15.5 Å². The van der Waals surface area contributed by atoms with Crippen molar-refractivity contribution in [3.63, 3.8) is 0 Å². The molecule has 1 fully saturated rings. The van der Waals surface area contributed by atoms with Crippen molar-refractivity contribution in [3.05, 3.63) is 54.1 Å². The Bertz CT molecular complexity index is 1050. The average Bonchev–Trinajstić information content (AvgIpc) is 3.03. The van der Waals surface area contributed by atoms with Gasteiger partial charge < -0.3 is 15.0 Å². The van der Waals surface area contributed by atoms with Crippen LogP contribution in [0.1, 0.15) is 5.56 Å². The standard InChI is InChI=1S/C20H17F3N4O2/c1-27-11-14(29-19(27)28)10-24-18-16-5-3-2-4-15(16)17(25-26-18)12-6-8-13(9-7-12)20(21,22)23/h2-9,14H,10-11H2,1H3,(H,24,26). The zero-order chi connectivity index (χ0) is 20.6. The number of cyclic esters (lactones) is 1. The minimum Gasteiger partial charge on any atom is -0.442 e. The van der Waals surface area contributed by atoms with Gasteiger partial charge in [0.15, 0.2) is 5.82 Å². The van der Waals surface area contributed by atoms with Crippen LogP contribution < -0.4 is 5.32 Å². The first-order valence-electron chi connectivity index (χ1n) is 8.91. The van der Waals surface area contributed by atoms with Gasteiger partial charge in [0.25, 0.3) is 0 Å². The van der Waals surface area contributed by atoms with E-state index in [-0.39, 0.29) is 12.2 Å². The van der Waals surface area contributed by atoms with Crippen LogP contribution >= 0.6 is 0 Å². The van der Waals surface area contributed by atoms with E-state index in [0.29, 0.717) is 30.2 Å². The molecule has 0 saturated carbocycles. The van der Waals surface area contributed by atoms with Crippen molar-refractivity contribution in [1.29, 1.82) is 0 Å². The predicted molar refractivity (Wildman–Crippen MR) is 101 cm³/mol. The van der Waals surface area contributed by atoms with E-state index in [4.69, 9.17) is 4.74 Å². The molecule has 0 spiro atoms. The summed E-state index contributed by atoms with van der Waals surface area (Å²) < 4.78 is 43.7. The van der Waals surface area contributed by atoms with Crippen LogP contribution in [0, 0.1) is 0 Å². The maximum absolute atomic E-state index is 12.8. The van der Waals surface area contributed by atoms with Gasteiger partial charge in [-0.2, -0.15) is 13.2 Å². The number of ether oxygens (including phenoxy) is 1. The summed E-state index contributed by atoms with van der Waals surface area (Å²) in [5, 5.41) is 13.1. The molecule has 1 saturated heterocycles. The zero-order valence-electron chi connectivity index (χ0n) is 15.4. The van der Waals surface area contributed by atoms with Crippen molar-refractivity contribution in [2.45, 2.75) is 12.3 Å². The molecule has 2 aromatic carbocycles. The number of hydrogen-bond acceptors (Lipinski definition) is 5. The van der Waals surface area contributed by atoms with Gasteiger partial charge in [0.2, 0.25) is 0 Å². The molecule has 0 bridgehead atoms. The summed E-state index contributed by atoms with van der Waals surface area (Å²) in [6.45, 7) is 0.842. The minimum absolute atomic E-state index is 0.303. The SMILES string of the molecule is CN1CC(CNc2nnc(-c3ccc(C(F)(F)F)cc3)c3ccccc23)OC1=O. The summed E-state index contributed by atoms with van der Waals surface area (Å²) in [6.07, 6.45) is -5.06. The van der Waals surface area contributed by atoms with Crippen molar-refractivity contribution < 1.29 is 22.7 Å². The Morgan fingerprint density at radius 2 is 1.79 bits per heavy atom. The van der Waals surface area contributed by atoms with E-state index in [1.165, 1.54) is 17.0 Å². The highest BCUT2D eigenvalue weighted by Gasteiger charge is 2.30. The number of likely N-dealkylation sites (N-methyl/N-ethyl adjacent to an activating group) is 1. The number of carbonyl (C=O) groups excluding carboxylic acids is 1. The number of fused-ring (bicyclic) bond motifs is 1. The number of benzene rings is 2. The van der Waals surface area contributed by atoms with Gasteiger partial charge in [-0.05, 0) is 12.1 Å². The second kappa shape index (κ2) is 7.23. The molecule has 1 N–H and O–H groups in total. The fourth-order valence-electron chi connectivity index (χ4n) is 3.23. The van der Waals surface area contributed by atoms with Gasteiger partial charge in [0.05, 0.1) is 18.7 Å². The van der Waals surface area contributed by atoms with Crippen molar-refractivity contribution in [2.75, 3.05) is 25.5 Å². The van der Waals surface area contributed by atoms with Gasteiger partial charge in [0, 0.05) is 23.4 Å². The van der Waals surface area contributed by atoms with E-state index < -0.39 is 11.7 Å². The summed E-state index contributed by atoms with van der Waals surface area (Å²) in [7, 11) is 1.66. The van der Waals surface area contributed by atoms with Crippen LogP contribution in [-0.4, -0.2) is 47.4 Å². The average molecular weight is 402 g/mol. The van der Waals surface area contributed by atoms with E-state index in [1.807, 2.05) is 24.3 Å². The lowest BCUT2D eigenvalue weighted by atomic mass is 10.0. The van der Waals surface area contributed by atoms with Crippen molar-refractivity contribution in [1.82, 2.24) is 15.1 Å². The second-order valence-electron chi connectivity index (χ2n) is 6.79.